The second-order valence-corrected chi connectivity index (χ2v) is 8.55. The van der Waals surface area contributed by atoms with Crippen molar-refractivity contribution >= 4 is 32.7 Å². The summed E-state index contributed by atoms with van der Waals surface area (Å²) in [6.45, 7) is 1.33. The smallest absolute Gasteiger partial charge is 0.321 e. The standard InChI is InChI=1S/C17H16O5S2/c1-11(18)23-16(17(19)20)13-8-6-12(7-9-13)14-4-3-5-15(10-14)24(2,21)22/h3-10,16H,1-2H3,(H,19,20). The van der Waals surface area contributed by atoms with Gasteiger partial charge in [0, 0.05) is 13.2 Å². The summed E-state index contributed by atoms with van der Waals surface area (Å²) in [5.41, 5.74) is 1.99. The number of thioether (sulfide) groups is 1. The molecule has 0 radical (unpaired) electrons. The van der Waals surface area contributed by atoms with Crippen molar-refractivity contribution in [1.29, 1.82) is 0 Å². The highest BCUT2D eigenvalue weighted by Crippen LogP contribution is 2.31. The molecule has 7 heteroatoms. The summed E-state index contributed by atoms with van der Waals surface area (Å²) >= 11 is 0.750. The van der Waals surface area contributed by atoms with Gasteiger partial charge in [-0.1, -0.05) is 48.2 Å². The van der Waals surface area contributed by atoms with Gasteiger partial charge in [-0.15, -0.1) is 0 Å². The Morgan fingerprint density at radius 3 is 2.17 bits per heavy atom. The fourth-order valence-corrected chi connectivity index (χ4v) is 3.58. The van der Waals surface area contributed by atoms with Crippen molar-refractivity contribution in [2.75, 3.05) is 6.26 Å². The van der Waals surface area contributed by atoms with Gasteiger partial charge in [0.05, 0.1) is 4.90 Å². The summed E-state index contributed by atoms with van der Waals surface area (Å²) in [7, 11) is -3.30. The first kappa shape index (κ1) is 18.2. The molecule has 126 valence electrons. The second kappa shape index (κ2) is 7.19. The molecule has 0 saturated carbocycles. The third kappa shape index (κ3) is 4.46. The van der Waals surface area contributed by atoms with E-state index in [1.165, 1.54) is 13.0 Å². The van der Waals surface area contributed by atoms with Crippen molar-refractivity contribution in [2.24, 2.45) is 0 Å². The van der Waals surface area contributed by atoms with E-state index in [0.29, 0.717) is 5.56 Å². The zero-order chi connectivity index (χ0) is 17.9. The van der Waals surface area contributed by atoms with E-state index in [9.17, 15) is 23.1 Å². The Labute approximate surface area is 144 Å². The molecule has 0 aromatic heterocycles. The number of rotatable bonds is 5. The second-order valence-electron chi connectivity index (χ2n) is 5.25. The van der Waals surface area contributed by atoms with Crippen LogP contribution in [-0.4, -0.2) is 30.9 Å². The van der Waals surface area contributed by atoms with Crippen LogP contribution in [0, 0.1) is 0 Å². The number of carboxylic acid groups (broad SMARTS) is 1. The Balaban J connectivity index is 2.36. The minimum atomic E-state index is -3.30. The predicted molar refractivity (Wildman–Crippen MR) is 93.6 cm³/mol. The summed E-state index contributed by atoms with van der Waals surface area (Å²) in [6, 6.07) is 13.2. The number of benzene rings is 2. The van der Waals surface area contributed by atoms with Gasteiger partial charge in [0.15, 0.2) is 15.0 Å². The Hall–Kier alpha value is -2.12. The van der Waals surface area contributed by atoms with Crippen LogP contribution in [0.15, 0.2) is 53.4 Å². The molecule has 2 aromatic rings. The normalized spacial score (nSPS) is 12.6. The summed E-state index contributed by atoms with van der Waals surface area (Å²) < 4.78 is 23.3. The van der Waals surface area contributed by atoms with Crippen molar-refractivity contribution in [1.82, 2.24) is 0 Å². The van der Waals surface area contributed by atoms with E-state index in [4.69, 9.17) is 0 Å². The van der Waals surface area contributed by atoms with E-state index < -0.39 is 21.1 Å². The molecule has 0 heterocycles. The number of carbonyl (C=O) groups is 2. The maximum absolute atomic E-state index is 11.6. The van der Waals surface area contributed by atoms with Gasteiger partial charge in [0.2, 0.25) is 0 Å². The molecule has 0 aliphatic heterocycles. The van der Waals surface area contributed by atoms with Crippen molar-refractivity contribution in [2.45, 2.75) is 17.1 Å². The molecule has 0 bridgehead atoms. The molecule has 2 rings (SSSR count). The van der Waals surface area contributed by atoms with E-state index >= 15 is 0 Å². The molecule has 0 aliphatic rings. The molecule has 0 fully saturated rings. The zero-order valence-corrected chi connectivity index (χ0v) is 14.7. The van der Waals surface area contributed by atoms with Crippen LogP contribution in [0.4, 0.5) is 0 Å². The summed E-state index contributed by atoms with van der Waals surface area (Å²) in [5, 5.41) is 8.02. The highest BCUT2D eigenvalue weighted by atomic mass is 32.2. The number of hydrogen-bond acceptors (Lipinski definition) is 5. The van der Waals surface area contributed by atoms with Crippen molar-refractivity contribution in [3.63, 3.8) is 0 Å². The largest absolute Gasteiger partial charge is 0.480 e. The molecule has 24 heavy (non-hydrogen) atoms. The molecule has 2 aromatic carbocycles. The highest BCUT2D eigenvalue weighted by Gasteiger charge is 2.22. The lowest BCUT2D eigenvalue weighted by atomic mass is 10.0. The summed E-state index contributed by atoms with van der Waals surface area (Å²) in [4.78, 5) is 22.7. The highest BCUT2D eigenvalue weighted by molar-refractivity contribution is 8.14. The van der Waals surface area contributed by atoms with E-state index in [1.807, 2.05) is 0 Å². The quantitative estimate of drug-likeness (QED) is 0.877. The molecule has 1 unspecified atom stereocenters. The van der Waals surface area contributed by atoms with Gasteiger partial charge >= 0.3 is 5.97 Å². The maximum Gasteiger partial charge on any atom is 0.321 e. The first-order chi connectivity index (χ1) is 11.2. The van der Waals surface area contributed by atoms with Crippen molar-refractivity contribution in [3.05, 3.63) is 54.1 Å². The van der Waals surface area contributed by atoms with E-state index in [2.05, 4.69) is 0 Å². The molecule has 0 amide bonds. The third-order valence-corrected chi connectivity index (χ3v) is 5.47. The molecule has 0 saturated heterocycles. The molecular formula is C17H16O5S2. The Morgan fingerprint density at radius 1 is 1.04 bits per heavy atom. The monoisotopic (exact) mass is 364 g/mol. The lowest BCUT2D eigenvalue weighted by Crippen LogP contribution is -2.09. The third-order valence-electron chi connectivity index (χ3n) is 3.32. The summed E-state index contributed by atoms with van der Waals surface area (Å²) in [6.07, 6.45) is 1.14. The van der Waals surface area contributed by atoms with Crippen LogP contribution in [0.1, 0.15) is 17.7 Å². The number of aliphatic carboxylic acids is 1. The maximum atomic E-state index is 11.6. The first-order valence-electron chi connectivity index (χ1n) is 6.99. The van der Waals surface area contributed by atoms with Crippen LogP contribution >= 0.6 is 11.8 Å². The topological polar surface area (TPSA) is 88.5 Å². The van der Waals surface area contributed by atoms with E-state index in [0.717, 1.165) is 29.1 Å². The van der Waals surface area contributed by atoms with Gasteiger partial charge < -0.3 is 5.11 Å². The minimum absolute atomic E-state index is 0.222. The average Bonchev–Trinajstić information content (AvgIpc) is 2.52. The van der Waals surface area contributed by atoms with Gasteiger partial charge in [-0.3, -0.25) is 9.59 Å². The molecule has 1 atom stereocenters. The van der Waals surface area contributed by atoms with Crippen LogP contribution in [0.3, 0.4) is 0 Å². The van der Waals surface area contributed by atoms with Crippen LogP contribution in [0.2, 0.25) is 0 Å². The van der Waals surface area contributed by atoms with Crippen molar-refractivity contribution in [3.8, 4) is 11.1 Å². The minimum Gasteiger partial charge on any atom is -0.480 e. The first-order valence-corrected chi connectivity index (χ1v) is 9.76. The Kier molecular flexibility index (Phi) is 5.46. The van der Waals surface area contributed by atoms with Crippen LogP contribution in [0.25, 0.3) is 11.1 Å². The molecule has 0 aliphatic carbocycles. The number of sulfone groups is 1. The van der Waals surface area contributed by atoms with E-state index in [-0.39, 0.29) is 10.0 Å². The van der Waals surface area contributed by atoms with Gasteiger partial charge in [-0.2, -0.15) is 0 Å². The van der Waals surface area contributed by atoms with Crippen LogP contribution < -0.4 is 0 Å². The SMILES string of the molecule is CC(=O)SC(C(=O)O)c1ccc(-c2cccc(S(C)(=O)=O)c2)cc1. The lowest BCUT2D eigenvalue weighted by molar-refractivity contribution is -0.136. The van der Waals surface area contributed by atoms with E-state index in [1.54, 1.807) is 42.5 Å². The molecule has 5 nitrogen and oxygen atoms in total. The van der Waals surface area contributed by atoms with Gasteiger partial charge in [-0.25, -0.2) is 8.42 Å². The number of carbonyl (C=O) groups excluding carboxylic acids is 1. The van der Waals surface area contributed by atoms with Crippen molar-refractivity contribution < 1.29 is 23.1 Å². The van der Waals surface area contributed by atoms with Gasteiger partial charge in [0.25, 0.3) is 0 Å². The van der Waals surface area contributed by atoms with Crippen LogP contribution in [-0.2, 0) is 19.4 Å². The fraction of sp³-hybridized carbons (Fsp3) is 0.176. The Bertz CT molecular complexity index is 870. The molecule has 0 spiro atoms. The van der Waals surface area contributed by atoms with Gasteiger partial charge in [0.1, 0.15) is 5.25 Å². The average molecular weight is 364 g/mol. The lowest BCUT2D eigenvalue weighted by Gasteiger charge is -2.11. The molecular weight excluding hydrogens is 348 g/mol. The van der Waals surface area contributed by atoms with Crippen LogP contribution in [0.5, 0.6) is 0 Å². The Morgan fingerprint density at radius 2 is 1.67 bits per heavy atom. The molecule has 1 N–H and O–H groups in total. The zero-order valence-electron chi connectivity index (χ0n) is 13.1. The fourth-order valence-electron chi connectivity index (χ4n) is 2.18. The van der Waals surface area contributed by atoms with Gasteiger partial charge in [-0.05, 0) is 28.8 Å². The predicted octanol–water partition coefficient (Wildman–Crippen LogP) is 3.16. The summed E-state index contributed by atoms with van der Waals surface area (Å²) in [5.74, 6) is -1.08. The number of hydrogen-bond donors (Lipinski definition) is 1. The number of carboxylic acids is 1.